The van der Waals surface area contributed by atoms with E-state index in [1.807, 2.05) is 32.0 Å². The van der Waals surface area contributed by atoms with Gasteiger partial charge >= 0.3 is 0 Å². The van der Waals surface area contributed by atoms with Crippen LogP contribution in [0.2, 0.25) is 0 Å². The molecule has 2 aromatic rings. The van der Waals surface area contributed by atoms with Crippen LogP contribution in [0.4, 0.5) is 0 Å². The fraction of sp³-hybridized carbons (Fsp3) is 0.200. The SMILES string of the molecule is COc1ccc(C(=O)c2cnccc2C)cc1C. The van der Waals surface area contributed by atoms with Crippen LogP contribution >= 0.6 is 0 Å². The smallest absolute Gasteiger partial charge is 0.194 e. The number of hydrogen-bond donors (Lipinski definition) is 0. The minimum atomic E-state index is -0.00801. The predicted octanol–water partition coefficient (Wildman–Crippen LogP) is 2.94. The summed E-state index contributed by atoms with van der Waals surface area (Å²) in [6.45, 7) is 3.83. The Morgan fingerprint density at radius 1 is 1.17 bits per heavy atom. The number of carbonyl (C=O) groups is 1. The van der Waals surface area contributed by atoms with E-state index in [4.69, 9.17) is 4.74 Å². The van der Waals surface area contributed by atoms with Gasteiger partial charge in [-0.15, -0.1) is 0 Å². The molecule has 1 aromatic carbocycles. The van der Waals surface area contributed by atoms with E-state index < -0.39 is 0 Å². The minimum absolute atomic E-state index is 0.00801. The Kier molecular flexibility index (Phi) is 3.42. The molecule has 0 spiro atoms. The molecule has 0 bridgehead atoms. The summed E-state index contributed by atoms with van der Waals surface area (Å²) in [6.07, 6.45) is 3.29. The summed E-state index contributed by atoms with van der Waals surface area (Å²) in [7, 11) is 1.62. The van der Waals surface area contributed by atoms with Gasteiger partial charge in [0.1, 0.15) is 5.75 Å². The maximum atomic E-state index is 12.3. The van der Waals surface area contributed by atoms with E-state index in [1.165, 1.54) is 0 Å². The first kappa shape index (κ1) is 12.3. The quantitative estimate of drug-likeness (QED) is 0.775. The minimum Gasteiger partial charge on any atom is -0.496 e. The number of benzene rings is 1. The number of rotatable bonds is 3. The largest absolute Gasteiger partial charge is 0.496 e. The molecule has 0 aliphatic carbocycles. The predicted molar refractivity (Wildman–Crippen MR) is 70.1 cm³/mol. The summed E-state index contributed by atoms with van der Waals surface area (Å²) >= 11 is 0. The lowest BCUT2D eigenvalue weighted by atomic mass is 9.99. The van der Waals surface area contributed by atoms with Gasteiger partial charge in [-0.05, 0) is 49.2 Å². The van der Waals surface area contributed by atoms with Gasteiger partial charge in [0.25, 0.3) is 0 Å². The molecule has 0 aliphatic rings. The summed E-state index contributed by atoms with van der Waals surface area (Å²) < 4.78 is 5.19. The van der Waals surface area contributed by atoms with Gasteiger partial charge < -0.3 is 4.74 Å². The highest BCUT2D eigenvalue weighted by molar-refractivity contribution is 6.09. The fourth-order valence-electron chi connectivity index (χ4n) is 1.88. The van der Waals surface area contributed by atoms with E-state index in [1.54, 1.807) is 25.6 Å². The van der Waals surface area contributed by atoms with E-state index in [0.717, 1.165) is 16.9 Å². The Bertz CT molecular complexity index is 591. The molecule has 18 heavy (non-hydrogen) atoms. The highest BCUT2D eigenvalue weighted by atomic mass is 16.5. The Balaban J connectivity index is 2.41. The first-order valence-corrected chi connectivity index (χ1v) is 5.73. The second kappa shape index (κ2) is 5.00. The molecule has 0 unspecified atom stereocenters. The van der Waals surface area contributed by atoms with Crippen LogP contribution in [-0.4, -0.2) is 17.9 Å². The number of carbonyl (C=O) groups excluding carboxylic acids is 1. The van der Waals surface area contributed by atoms with E-state index in [2.05, 4.69) is 4.98 Å². The standard InChI is InChI=1S/C15H15NO2/c1-10-6-7-16-9-13(10)15(17)12-4-5-14(18-3)11(2)8-12/h4-9H,1-3H3. The van der Waals surface area contributed by atoms with Crippen LogP contribution in [0.1, 0.15) is 27.0 Å². The number of ether oxygens (including phenoxy) is 1. The van der Waals surface area contributed by atoms with Gasteiger partial charge in [0, 0.05) is 23.5 Å². The number of aryl methyl sites for hydroxylation is 2. The van der Waals surface area contributed by atoms with E-state index in [-0.39, 0.29) is 5.78 Å². The maximum absolute atomic E-state index is 12.3. The topological polar surface area (TPSA) is 39.2 Å². The summed E-state index contributed by atoms with van der Waals surface area (Å²) in [6, 6.07) is 7.27. The highest BCUT2D eigenvalue weighted by Crippen LogP contribution is 2.21. The van der Waals surface area contributed by atoms with Gasteiger partial charge in [-0.3, -0.25) is 9.78 Å². The molecule has 0 amide bonds. The first-order chi connectivity index (χ1) is 8.63. The lowest BCUT2D eigenvalue weighted by molar-refractivity contribution is 0.103. The summed E-state index contributed by atoms with van der Waals surface area (Å²) in [5.41, 5.74) is 3.18. The molecule has 3 heteroatoms. The Hall–Kier alpha value is -2.16. The van der Waals surface area contributed by atoms with E-state index in [9.17, 15) is 4.79 Å². The second-order valence-electron chi connectivity index (χ2n) is 4.20. The molecule has 1 heterocycles. The van der Waals surface area contributed by atoms with E-state index in [0.29, 0.717) is 11.1 Å². The Morgan fingerprint density at radius 2 is 1.94 bits per heavy atom. The number of hydrogen-bond acceptors (Lipinski definition) is 3. The maximum Gasteiger partial charge on any atom is 0.194 e. The van der Waals surface area contributed by atoms with Crippen molar-refractivity contribution in [3.63, 3.8) is 0 Å². The molecule has 0 saturated heterocycles. The molecule has 0 N–H and O–H groups in total. The van der Waals surface area contributed by atoms with Gasteiger partial charge in [0.15, 0.2) is 5.78 Å². The van der Waals surface area contributed by atoms with Gasteiger partial charge in [0.2, 0.25) is 0 Å². The molecule has 3 nitrogen and oxygen atoms in total. The summed E-state index contributed by atoms with van der Waals surface area (Å²) in [4.78, 5) is 16.3. The molecule has 1 aromatic heterocycles. The van der Waals surface area contributed by atoms with Crippen LogP contribution in [0.15, 0.2) is 36.7 Å². The number of methoxy groups -OCH3 is 1. The molecule has 0 aliphatic heterocycles. The zero-order chi connectivity index (χ0) is 13.1. The van der Waals surface area contributed by atoms with Gasteiger partial charge in [-0.1, -0.05) is 0 Å². The van der Waals surface area contributed by atoms with Crippen LogP contribution in [-0.2, 0) is 0 Å². The second-order valence-corrected chi connectivity index (χ2v) is 4.20. The molecule has 0 fully saturated rings. The van der Waals surface area contributed by atoms with Crippen LogP contribution in [0.5, 0.6) is 5.75 Å². The Morgan fingerprint density at radius 3 is 2.56 bits per heavy atom. The van der Waals surface area contributed by atoms with Crippen molar-refractivity contribution in [2.45, 2.75) is 13.8 Å². The Labute approximate surface area is 106 Å². The number of pyridine rings is 1. The van der Waals surface area contributed by atoms with Crippen LogP contribution in [0.3, 0.4) is 0 Å². The summed E-state index contributed by atoms with van der Waals surface area (Å²) in [5.74, 6) is 0.779. The zero-order valence-electron chi connectivity index (χ0n) is 10.7. The molecular weight excluding hydrogens is 226 g/mol. The first-order valence-electron chi connectivity index (χ1n) is 5.73. The third-order valence-electron chi connectivity index (χ3n) is 2.94. The van der Waals surface area contributed by atoms with Crippen molar-refractivity contribution in [2.24, 2.45) is 0 Å². The van der Waals surface area contributed by atoms with Gasteiger partial charge in [0.05, 0.1) is 7.11 Å². The third-order valence-corrected chi connectivity index (χ3v) is 2.94. The van der Waals surface area contributed by atoms with Crippen LogP contribution in [0.25, 0.3) is 0 Å². The lowest BCUT2D eigenvalue weighted by Crippen LogP contribution is -2.04. The molecule has 0 radical (unpaired) electrons. The van der Waals surface area contributed by atoms with Gasteiger partial charge in [-0.2, -0.15) is 0 Å². The van der Waals surface area contributed by atoms with Crippen molar-refractivity contribution in [1.29, 1.82) is 0 Å². The van der Waals surface area contributed by atoms with Crippen molar-refractivity contribution < 1.29 is 9.53 Å². The number of nitrogens with zero attached hydrogens (tertiary/aromatic N) is 1. The van der Waals surface area contributed by atoms with Crippen molar-refractivity contribution in [3.8, 4) is 5.75 Å². The zero-order valence-corrected chi connectivity index (χ0v) is 10.7. The average Bonchev–Trinajstić information content (AvgIpc) is 2.38. The number of aromatic nitrogens is 1. The molecule has 0 atom stereocenters. The number of ketones is 1. The molecule has 92 valence electrons. The van der Waals surface area contributed by atoms with Crippen molar-refractivity contribution in [3.05, 3.63) is 58.9 Å². The van der Waals surface area contributed by atoms with Crippen LogP contribution in [0, 0.1) is 13.8 Å². The normalized spacial score (nSPS) is 10.2. The summed E-state index contributed by atoms with van der Waals surface area (Å²) in [5, 5.41) is 0. The molecule has 2 rings (SSSR count). The van der Waals surface area contributed by atoms with Gasteiger partial charge in [-0.25, -0.2) is 0 Å². The van der Waals surface area contributed by atoms with Crippen molar-refractivity contribution in [2.75, 3.05) is 7.11 Å². The van der Waals surface area contributed by atoms with Crippen molar-refractivity contribution in [1.82, 2.24) is 4.98 Å². The van der Waals surface area contributed by atoms with Crippen molar-refractivity contribution >= 4 is 5.78 Å². The third kappa shape index (κ3) is 2.25. The average molecular weight is 241 g/mol. The molecule has 0 saturated carbocycles. The van der Waals surface area contributed by atoms with E-state index >= 15 is 0 Å². The molecular formula is C15H15NO2. The van der Waals surface area contributed by atoms with Crippen LogP contribution < -0.4 is 4.74 Å². The fourth-order valence-corrected chi connectivity index (χ4v) is 1.88. The monoisotopic (exact) mass is 241 g/mol. The highest BCUT2D eigenvalue weighted by Gasteiger charge is 2.12. The lowest BCUT2D eigenvalue weighted by Gasteiger charge is -2.08.